The van der Waals surface area contributed by atoms with E-state index in [1.807, 2.05) is 7.05 Å². The highest BCUT2D eigenvalue weighted by Crippen LogP contribution is 2.10. The lowest BCUT2D eigenvalue weighted by Crippen LogP contribution is -2.32. The molecule has 1 aromatic rings. The van der Waals surface area contributed by atoms with Gasteiger partial charge in [-0.1, -0.05) is 0 Å². The van der Waals surface area contributed by atoms with Crippen molar-refractivity contribution in [3.63, 3.8) is 0 Å². The van der Waals surface area contributed by atoms with Crippen molar-refractivity contribution in [3.05, 3.63) is 30.1 Å². The van der Waals surface area contributed by atoms with Crippen LogP contribution in [0.5, 0.6) is 0 Å². The molecule has 1 fully saturated rings. The Morgan fingerprint density at radius 1 is 1.65 bits per heavy atom. The second-order valence-electron chi connectivity index (χ2n) is 4.55. The Labute approximate surface area is 102 Å². The predicted molar refractivity (Wildman–Crippen MR) is 66.8 cm³/mol. The molecule has 1 unspecified atom stereocenters. The Morgan fingerprint density at radius 3 is 3.18 bits per heavy atom. The molecule has 1 aliphatic heterocycles. The first-order valence-electron chi connectivity index (χ1n) is 6.16. The van der Waals surface area contributed by atoms with Crippen molar-refractivity contribution in [3.8, 4) is 0 Å². The highest BCUT2D eigenvalue weighted by atomic mass is 16.2. The van der Waals surface area contributed by atoms with Crippen LogP contribution in [0.4, 0.5) is 0 Å². The van der Waals surface area contributed by atoms with E-state index >= 15 is 0 Å². The monoisotopic (exact) mass is 233 g/mol. The van der Waals surface area contributed by atoms with Crippen molar-refractivity contribution >= 4 is 5.91 Å². The van der Waals surface area contributed by atoms with E-state index in [0.29, 0.717) is 11.6 Å². The zero-order valence-electron chi connectivity index (χ0n) is 10.2. The zero-order chi connectivity index (χ0) is 12.1. The molecule has 1 aromatic heterocycles. The average Bonchev–Trinajstić information content (AvgIpc) is 2.89. The van der Waals surface area contributed by atoms with Gasteiger partial charge in [0.05, 0.1) is 5.56 Å². The maximum Gasteiger partial charge on any atom is 0.255 e. The average molecular weight is 233 g/mol. The standard InChI is InChI=1S/C13H19N3O/c1-16(9-6-12-5-3-8-15-12)13(17)11-4-2-7-14-10-11/h2,4,7,10,12,15H,3,5-6,8-9H2,1H3. The summed E-state index contributed by atoms with van der Waals surface area (Å²) in [4.78, 5) is 17.8. The van der Waals surface area contributed by atoms with Crippen molar-refractivity contribution in [2.75, 3.05) is 20.1 Å². The zero-order valence-corrected chi connectivity index (χ0v) is 10.2. The number of pyridine rings is 1. The lowest BCUT2D eigenvalue weighted by molar-refractivity contribution is 0.0790. The predicted octanol–water partition coefficient (Wildman–Crippen LogP) is 1.30. The van der Waals surface area contributed by atoms with Gasteiger partial charge in [0, 0.05) is 32.0 Å². The van der Waals surface area contributed by atoms with Crippen LogP contribution >= 0.6 is 0 Å². The van der Waals surface area contributed by atoms with E-state index in [1.54, 1.807) is 29.4 Å². The minimum Gasteiger partial charge on any atom is -0.342 e. The van der Waals surface area contributed by atoms with Crippen molar-refractivity contribution in [2.45, 2.75) is 25.3 Å². The van der Waals surface area contributed by atoms with Crippen LogP contribution in [0.2, 0.25) is 0 Å². The molecule has 1 N–H and O–H groups in total. The highest BCUT2D eigenvalue weighted by Gasteiger charge is 2.16. The number of nitrogens with zero attached hydrogens (tertiary/aromatic N) is 2. The summed E-state index contributed by atoms with van der Waals surface area (Å²) in [7, 11) is 1.85. The number of hydrogen-bond donors (Lipinski definition) is 1. The van der Waals surface area contributed by atoms with Gasteiger partial charge in [-0.05, 0) is 37.9 Å². The molecular formula is C13H19N3O. The molecule has 17 heavy (non-hydrogen) atoms. The summed E-state index contributed by atoms with van der Waals surface area (Å²) < 4.78 is 0. The summed E-state index contributed by atoms with van der Waals surface area (Å²) in [6, 6.07) is 4.18. The lowest BCUT2D eigenvalue weighted by Gasteiger charge is -2.19. The normalized spacial score (nSPS) is 19.2. The number of amides is 1. The van der Waals surface area contributed by atoms with Gasteiger partial charge >= 0.3 is 0 Å². The molecule has 92 valence electrons. The summed E-state index contributed by atoms with van der Waals surface area (Å²) in [6.45, 7) is 1.91. The fourth-order valence-electron chi connectivity index (χ4n) is 2.16. The molecule has 0 aromatic carbocycles. The number of carbonyl (C=O) groups excluding carboxylic acids is 1. The Balaban J connectivity index is 1.83. The summed E-state index contributed by atoms with van der Waals surface area (Å²) >= 11 is 0. The smallest absolute Gasteiger partial charge is 0.255 e. The molecule has 0 spiro atoms. The van der Waals surface area contributed by atoms with Gasteiger partial charge in [-0.2, -0.15) is 0 Å². The van der Waals surface area contributed by atoms with Gasteiger partial charge in [0.1, 0.15) is 0 Å². The molecule has 0 aliphatic carbocycles. The molecule has 2 heterocycles. The Bertz CT molecular complexity index is 360. The first kappa shape index (κ1) is 12.0. The van der Waals surface area contributed by atoms with E-state index in [9.17, 15) is 4.79 Å². The van der Waals surface area contributed by atoms with Crippen molar-refractivity contribution in [1.82, 2.24) is 15.2 Å². The maximum atomic E-state index is 12.0. The number of nitrogens with one attached hydrogen (secondary N) is 1. The van der Waals surface area contributed by atoms with E-state index in [1.165, 1.54) is 12.8 Å². The molecule has 1 aliphatic rings. The number of hydrogen-bond acceptors (Lipinski definition) is 3. The number of carbonyl (C=O) groups is 1. The van der Waals surface area contributed by atoms with Crippen LogP contribution in [0.1, 0.15) is 29.6 Å². The maximum absolute atomic E-state index is 12.0. The molecule has 4 nitrogen and oxygen atoms in total. The topological polar surface area (TPSA) is 45.2 Å². The fraction of sp³-hybridized carbons (Fsp3) is 0.538. The summed E-state index contributed by atoms with van der Waals surface area (Å²) in [5, 5.41) is 3.44. The van der Waals surface area contributed by atoms with Gasteiger partial charge in [0.25, 0.3) is 5.91 Å². The van der Waals surface area contributed by atoms with Crippen LogP contribution in [-0.2, 0) is 0 Å². The van der Waals surface area contributed by atoms with Crippen molar-refractivity contribution in [2.24, 2.45) is 0 Å². The van der Waals surface area contributed by atoms with E-state index in [2.05, 4.69) is 10.3 Å². The molecular weight excluding hydrogens is 214 g/mol. The second-order valence-corrected chi connectivity index (χ2v) is 4.55. The van der Waals surface area contributed by atoms with E-state index in [4.69, 9.17) is 0 Å². The molecule has 0 radical (unpaired) electrons. The quantitative estimate of drug-likeness (QED) is 0.852. The minimum absolute atomic E-state index is 0.0519. The van der Waals surface area contributed by atoms with Gasteiger partial charge in [-0.15, -0.1) is 0 Å². The highest BCUT2D eigenvalue weighted by molar-refractivity contribution is 5.93. The molecule has 1 saturated heterocycles. The Hall–Kier alpha value is -1.42. The first-order chi connectivity index (χ1) is 8.27. The van der Waals surface area contributed by atoms with E-state index in [0.717, 1.165) is 19.5 Å². The third-order valence-corrected chi connectivity index (χ3v) is 3.23. The van der Waals surface area contributed by atoms with Gasteiger partial charge in [0.15, 0.2) is 0 Å². The van der Waals surface area contributed by atoms with Crippen molar-refractivity contribution in [1.29, 1.82) is 0 Å². The fourth-order valence-corrected chi connectivity index (χ4v) is 2.16. The van der Waals surface area contributed by atoms with E-state index in [-0.39, 0.29) is 5.91 Å². The number of rotatable bonds is 4. The molecule has 2 rings (SSSR count). The molecule has 4 heteroatoms. The Morgan fingerprint density at radius 2 is 2.53 bits per heavy atom. The molecule has 1 amide bonds. The first-order valence-corrected chi connectivity index (χ1v) is 6.16. The van der Waals surface area contributed by atoms with Crippen LogP contribution in [-0.4, -0.2) is 42.0 Å². The van der Waals surface area contributed by atoms with E-state index < -0.39 is 0 Å². The lowest BCUT2D eigenvalue weighted by atomic mass is 10.1. The van der Waals surface area contributed by atoms with Crippen LogP contribution in [0.15, 0.2) is 24.5 Å². The summed E-state index contributed by atoms with van der Waals surface area (Å²) in [5.41, 5.74) is 0.661. The minimum atomic E-state index is 0.0519. The Kier molecular flexibility index (Phi) is 4.09. The molecule has 0 saturated carbocycles. The third-order valence-electron chi connectivity index (χ3n) is 3.23. The molecule has 1 atom stereocenters. The third kappa shape index (κ3) is 3.27. The number of aromatic nitrogens is 1. The van der Waals surface area contributed by atoms with Crippen LogP contribution < -0.4 is 5.32 Å². The van der Waals surface area contributed by atoms with Gasteiger partial charge < -0.3 is 10.2 Å². The van der Waals surface area contributed by atoms with Gasteiger partial charge in [0.2, 0.25) is 0 Å². The SMILES string of the molecule is CN(CCC1CCCN1)C(=O)c1cccnc1. The second kappa shape index (κ2) is 5.77. The van der Waals surface area contributed by atoms with Crippen LogP contribution in [0.25, 0.3) is 0 Å². The van der Waals surface area contributed by atoms with Gasteiger partial charge in [-0.3, -0.25) is 9.78 Å². The van der Waals surface area contributed by atoms with Crippen LogP contribution in [0.3, 0.4) is 0 Å². The largest absolute Gasteiger partial charge is 0.342 e. The molecule has 0 bridgehead atoms. The van der Waals surface area contributed by atoms with Gasteiger partial charge in [-0.25, -0.2) is 0 Å². The van der Waals surface area contributed by atoms with Crippen molar-refractivity contribution < 1.29 is 4.79 Å². The summed E-state index contributed by atoms with van der Waals surface area (Å²) in [5.74, 6) is 0.0519. The van der Waals surface area contributed by atoms with Crippen LogP contribution in [0, 0.1) is 0 Å². The summed E-state index contributed by atoms with van der Waals surface area (Å²) in [6.07, 6.45) is 6.81.